The van der Waals surface area contributed by atoms with Gasteiger partial charge in [0.05, 0.1) is 5.75 Å². The van der Waals surface area contributed by atoms with Crippen LogP contribution in [0.5, 0.6) is 0 Å². The summed E-state index contributed by atoms with van der Waals surface area (Å²) in [6.45, 7) is 0.583. The highest BCUT2D eigenvalue weighted by Crippen LogP contribution is 2.18. The van der Waals surface area contributed by atoms with Crippen molar-refractivity contribution >= 4 is 33.6 Å². The van der Waals surface area contributed by atoms with E-state index in [1.165, 1.54) is 11.8 Å². The largest absolute Gasteiger partial charge is 0.341 e. The number of amides is 1. The molecule has 0 aliphatic rings. The van der Waals surface area contributed by atoms with E-state index in [1.54, 1.807) is 22.8 Å². The molecule has 0 radical (unpaired) electrons. The monoisotopic (exact) mass is 354 g/mol. The van der Waals surface area contributed by atoms with E-state index in [0.29, 0.717) is 12.3 Å². The first-order valence-electron chi connectivity index (χ1n) is 6.02. The van der Waals surface area contributed by atoms with Gasteiger partial charge in [-0.15, -0.1) is 10.2 Å². The van der Waals surface area contributed by atoms with Crippen molar-refractivity contribution < 1.29 is 4.79 Å². The van der Waals surface area contributed by atoms with Crippen molar-refractivity contribution in [3.05, 3.63) is 40.6 Å². The van der Waals surface area contributed by atoms with Gasteiger partial charge in [0.25, 0.3) is 0 Å². The van der Waals surface area contributed by atoms with Crippen LogP contribution in [-0.2, 0) is 18.4 Å². The van der Waals surface area contributed by atoms with Crippen LogP contribution >= 0.6 is 27.7 Å². The summed E-state index contributed by atoms with van der Waals surface area (Å²) in [6, 6.07) is 7.90. The summed E-state index contributed by atoms with van der Waals surface area (Å²) in [5.41, 5.74) is 1.09. The van der Waals surface area contributed by atoms with Crippen LogP contribution in [0.2, 0.25) is 0 Å². The quantitative estimate of drug-likeness (QED) is 0.773. The van der Waals surface area contributed by atoms with Crippen molar-refractivity contribution in [1.82, 2.24) is 19.7 Å². The predicted octanol–water partition coefficient (Wildman–Crippen LogP) is 2.33. The third-order valence-electron chi connectivity index (χ3n) is 2.79. The summed E-state index contributed by atoms with van der Waals surface area (Å²) in [4.78, 5) is 13.8. The Morgan fingerprint density at radius 1 is 1.45 bits per heavy atom. The summed E-state index contributed by atoms with van der Waals surface area (Å²) in [7, 11) is 3.66. The number of aryl methyl sites for hydroxylation is 1. The number of hydrogen-bond acceptors (Lipinski definition) is 4. The SMILES string of the molecule is CN(Cc1ccccc1Br)C(=O)CSc1nncn1C. The lowest BCUT2D eigenvalue weighted by atomic mass is 10.2. The van der Waals surface area contributed by atoms with Gasteiger partial charge in [-0.2, -0.15) is 0 Å². The molecule has 0 fully saturated rings. The van der Waals surface area contributed by atoms with Gasteiger partial charge in [-0.3, -0.25) is 4.79 Å². The van der Waals surface area contributed by atoms with Crippen LogP contribution in [0.15, 0.2) is 40.2 Å². The van der Waals surface area contributed by atoms with Gasteiger partial charge in [-0.05, 0) is 11.6 Å². The fraction of sp³-hybridized carbons (Fsp3) is 0.308. The number of rotatable bonds is 5. The maximum absolute atomic E-state index is 12.1. The molecule has 0 unspecified atom stereocenters. The van der Waals surface area contributed by atoms with E-state index in [2.05, 4.69) is 26.1 Å². The van der Waals surface area contributed by atoms with Crippen LogP contribution in [0.3, 0.4) is 0 Å². The maximum atomic E-state index is 12.1. The van der Waals surface area contributed by atoms with E-state index in [0.717, 1.165) is 15.2 Å². The Balaban J connectivity index is 1.89. The van der Waals surface area contributed by atoms with Crippen LogP contribution in [0, 0.1) is 0 Å². The van der Waals surface area contributed by atoms with Crippen LogP contribution in [-0.4, -0.2) is 38.4 Å². The Hall–Kier alpha value is -1.34. The van der Waals surface area contributed by atoms with Gasteiger partial charge in [0.2, 0.25) is 5.91 Å². The number of aromatic nitrogens is 3. The number of carbonyl (C=O) groups is 1. The van der Waals surface area contributed by atoms with Gasteiger partial charge in [0, 0.05) is 25.1 Å². The Morgan fingerprint density at radius 3 is 2.85 bits per heavy atom. The molecule has 106 valence electrons. The lowest BCUT2D eigenvalue weighted by Gasteiger charge is -2.17. The molecule has 0 saturated heterocycles. The van der Waals surface area contributed by atoms with E-state index < -0.39 is 0 Å². The molecule has 1 heterocycles. The van der Waals surface area contributed by atoms with Gasteiger partial charge >= 0.3 is 0 Å². The number of hydrogen-bond donors (Lipinski definition) is 0. The van der Waals surface area contributed by atoms with E-state index in [4.69, 9.17) is 0 Å². The minimum Gasteiger partial charge on any atom is -0.341 e. The van der Waals surface area contributed by atoms with Gasteiger partial charge in [0.15, 0.2) is 5.16 Å². The van der Waals surface area contributed by atoms with Crippen molar-refractivity contribution in [2.75, 3.05) is 12.8 Å². The van der Waals surface area contributed by atoms with Gasteiger partial charge in [-0.25, -0.2) is 0 Å². The molecule has 0 saturated carbocycles. The lowest BCUT2D eigenvalue weighted by molar-refractivity contribution is -0.127. The van der Waals surface area contributed by atoms with E-state index >= 15 is 0 Å². The molecule has 5 nitrogen and oxygen atoms in total. The van der Waals surface area contributed by atoms with E-state index in [-0.39, 0.29) is 5.91 Å². The van der Waals surface area contributed by atoms with Crippen LogP contribution < -0.4 is 0 Å². The second-order valence-electron chi connectivity index (χ2n) is 4.35. The molecule has 0 aliphatic heterocycles. The first-order valence-corrected chi connectivity index (χ1v) is 7.80. The topological polar surface area (TPSA) is 51.0 Å². The number of thioether (sulfide) groups is 1. The number of carbonyl (C=O) groups excluding carboxylic acids is 1. The van der Waals surface area contributed by atoms with Crippen LogP contribution in [0.25, 0.3) is 0 Å². The molecule has 2 rings (SSSR count). The first kappa shape index (κ1) is 15.1. The highest BCUT2D eigenvalue weighted by molar-refractivity contribution is 9.10. The van der Waals surface area contributed by atoms with Crippen LogP contribution in [0.4, 0.5) is 0 Å². The Kier molecular flexibility index (Phi) is 5.19. The Bertz CT molecular complexity index is 602. The highest BCUT2D eigenvalue weighted by atomic mass is 79.9. The van der Waals surface area contributed by atoms with Crippen molar-refractivity contribution in [1.29, 1.82) is 0 Å². The van der Waals surface area contributed by atoms with Gasteiger partial charge < -0.3 is 9.47 Å². The smallest absolute Gasteiger partial charge is 0.233 e. The zero-order valence-electron chi connectivity index (χ0n) is 11.3. The van der Waals surface area contributed by atoms with Crippen molar-refractivity contribution in [3.63, 3.8) is 0 Å². The molecule has 0 spiro atoms. The fourth-order valence-electron chi connectivity index (χ4n) is 1.61. The third kappa shape index (κ3) is 3.83. The predicted molar refractivity (Wildman–Crippen MR) is 82.3 cm³/mol. The Morgan fingerprint density at radius 2 is 2.20 bits per heavy atom. The zero-order chi connectivity index (χ0) is 14.5. The summed E-state index contributed by atoms with van der Waals surface area (Å²) >= 11 is 4.88. The molecule has 1 aromatic heterocycles. The summed E-state index contributed by atoms with van der Waals surface area (Å²) in [5, 5.41) is 8.47. The van der Waals surface area contributed by atoms with E-state index in [1.807, 2.05) is 31.3 Å². The number of halogens is 1. The molecule has 1 aromatic carbocycles. The summed E-state index contributed by atoms with van der Waals surface area (Å²) in [6.07, 6.45) is 1.62. The number of nitrogens with zero attached hydrogens (tertiary/aromatic N) is 4. The van der Waals surface area contributed by atoms with Crippen molar-refractivity contribution in [2.45, 2.75) is 11.7 Å². The zero-order valence-corrected chi connectivity index (χ0v) is 13.7. The molecular formula is C13H15BrN4OS. The molecular weight excluding hydrogens is 340 g/mol. The van der Waals surface area contributed by atoms with Crippen molar-refractivity contribution in [2.24, 2.45) is 7.05 Å². The third-order valence-corrected chi connectivity index (χ3v) is 4.58. The molecule has 1 amide bonds. The highest BCUT2D eigenvalue weighted by Gasteiger charge is 2.12. The molecule has 20 heavy (non-hydrogen) atoms. The minimum absolute atomic E-state index is 0.0637. The standard InChI is InChI=1S/C13H15BrN4OS/c1-17(7-10-5-3-4-6-11(10)14)12(19)8-20-13-16-15-9-18(13)2/h3-6,9H,7-8H2,1-2H3. The summed E-state index contributed by atoms with van der Waals surface area (Å²) in [5.74, 6) is 0.418. The normalized spacial score (nSPS) is 10.6. The maximum Gasteiger partial charge on any atom is 0.233 e. The summed E-state index contributed by atoms with van der Waals surface area (Å²) < 4.78 is 2.81. The molecule has 0 atom stereocenters. The molecule has 7 heteroatoms. The minimum atomic E-state index is 0.0637. The van der Waals surface area contributed by atoms with Gasteiger partial charge in [0.1, 0.15) is 6.33 Å². The van der Waals surface area contributed by atoms with Crippen molar-refractivity contribution in [3.8, 4) is 0 Å². The average molecular weight is 355 g/mol. The number of benzene rings is 1. The fourth-order valence-corrected chi connectivity index (χ4v) is 2.85. The Labute approximate surface area is 130 Å². The van der Waals surface area contributed by atoms with E-state index in [9.17, 15) is 4.79 Å². The van der Waals surface area contributed by atoms with Gasteiger partial charge in [-0.1, -0.05) is 45.9 Å². The molecule has 0 N–H and O–H groups in total. The first-order chi connectivity index (χ1) is 9.58. The van der Waals surface area contributed by atoms with Crippen LogP contribution in [0.1, 0.15) is 5.56 Å². The molecule has 0 aliphatic carbocycles. The lowest BCUT2D eigenvalue weighted by Crippen LogP contribution is -2.28. The second kappa shape index (κ2) is 6.90. The molecule has 2 aromatic rings. The molecule has 0 bridgehead atoms. The average Bonchev–Trinajstić information content (AvgIpc) is 2.84. The second-order valence-corrected chi connectivity index (χ2v) is 6.15.